The number of hydrogen-bond acceptors (Lipinski definition) is 5. The van der Waals surface area contributed by atoms with Gasteiger partial charge in [-0.2, -0.15) is 18.3 Å². The standard InChI is InChI=1S/C31H34F3N3O3/c1-17(38)40-22-10-12-29(2)20(15-22)6-9-23-24(29)11-13-30(3)25(23)14-18-16-35-37-27(26(18)30)28(39)36-21-7-4-19(5-8-21)31(32,33)34/h4-8,16,22-25H,9-15H2,1-3H3,(H,36,39)/t22-,23+,24-,25-,29-,30-/m0/s1. The van der Waals surface area contributed by atoms with E-state index in [1.807, 2.05) is 0 Å². The smallest absolute Gasteiger partial charge is 0.416 e. The normalized spacial score (nSPS) is 32.6. The minimum Gasteiger partial charge on any atom is -0.462 e. The molecule has 40 heavy (non-hydrogen) atoms. The van der Waals surface area contributed by atoms with Gasteiger partial charge in [0.15, 0.2) is 5.69 Å². The van der Waals surface area contributed by atoms with Crippen LogP contribution in [0.4, 0.5) is 18.9 Å². The number of benzene rings is 1. The van der Waals surface area contributed by atoms with Crippen molar-refractivity contribution in [3.05, 3.63) is 64.5 Å². The predicted molar refractivity (Wildman–Crippen MR) is 142 cm³/mol. The summed E-state index contributed by atoms with van der Waals surface area (Å²) < 4.78 is 44.5. The minimum absolute atomic E-state index is 0.0409. The molecule has 6 rings (SSSR count). The highest BCUT2D eigenvalue weighted by atomic mass is 19.4. The zero-order valence-corrected chi connectivity index (χ0v) is 23.0. The fraction of sp³-hybridized carbons (Fsp3) is 0.548. The Bertz CT molecular complexity index is 1390. The van der Waals surface area contributed by atoms with Gasteiger partial charge in [-0.05, 0) is 103 Å². The number of carbonyl (C=O) groups excluding carboxylic acids is 2. The summed E-state index contributed by atoms with van der Waals surface area (Å²) in [5.74, 6) is 0.639. The Hall–Kier alpha value is -3.23. The average molecular weight is 554 g/mol. The van der Waals surface area contributed by atoms with Gasteiger partial charge < -0.3 is 10.1 Å². The molecule has 4 aliphatic rings. The number of alkyl halides is 3. The lowest BCUT2D eigenvalue weighted by Gasteiger charge is -2.57. The quantitative estimate of drug-likeness (QED) is 0.340. The van der Waals surface area contributed by atoms with Crippen LogP contribution >= 0.6 is 0 Å². The van der Waals surface area contributed by atoms with Gasteiger partial charge >= 0.3 is 12.1 Å². The lowest BCUT2D eigenvalue weighted by molar-refractivity contribution is -0.148. The Balaban J connectivity index is 1.26. The van der Waals surface area contributed by atoms with Crippen molar-refractivity contribution in [1.29, 1.82) is 0 Å². The van der Waals surface area contributed by atoms with Gasteiger partial charge in [-0.1, -0.05) is 25.5 Å². The lowest BCUT2D eigenvalue weighted by atomic mass is 9.47. The number of nitrogens with one attached hydrogen (secondary N) is 1. The highest BCUT2D eigenvalue weighted by molar-refractivity contribution is 6.04. The summed E-state index contributed by atoms with van der Waals surface area (Å²) in [5.41, 5.74) is 3.02. The molecule has 9 heteroatoms. The van der Waals surface area contributed by atoms with E-state index in [1.54, 1.807) is 6.20 Å². The predicted octanol–water partition coefficient (Wildman–Crippen LogP) is 6.66. The molecule has 1 heterocycles. The Morgan fingerprint density at radius 3 is 2.45 bits per heavy atom. The summed E-state index contributed by atoms with van der Waals surface area (Å²) in [4.78, 5) is 25.0. The second kappa shape index (κ2) is 9.42. The number of ether oxygens (including phenoxy) is 1. The van der Waals surface area contributed by atoms with E-state index in [1.165, 1.54) is 24.6 Å². The molecule has 0 radical (unpaired) electrons. The third kappa shape index (κ3) is 4.32. The molecular weight excluding hydrogens is 519 g/mol. The number of fused-ring (bicyclic) bond motifs is 7. The van der Waals surface area contributed by atoms with Crippen LogP contribution in [0.15, 0.2) is 42.1 Å². The molecule has 0 unspecified atom stereocenters. The topological polar surface area (TPSA) is 81.2 Å². The van der Waals surface area contributed by atoms with Crippen LogP contribution < -0.4 is 5.32 Å². The summed E-state index contributed by atoms with van der Waals surface area (Å²) in [6.07, 6.45) is 6.12. The van der Waals surface area contributed by atoms with Crippen molar-refractivity contribution < 1.29 is 27.5 Å². The maximum Gasteiger partial charge on any atom is 0.416 e. The lowest BCUT2D eigenvalue weighted by Crippen LogP contribution is -2.51. The van der Waals surface area contributed by atoms with E-state index in [2.05, 4.69) is 35.4 Å². The van der Waals surface area contributed by atoms with Gasteiger partial charge in [0.2, 0.25) is 0 Å². The summed E-state index contributed by atoms with van der Waals surface area (Å²) in [5, 5.41) is 11.2. The van der Waals surface area contributed by atoms with Crippen LogP contribution in [0.25, 0.3) is 0 Å². The summed E-state index contributed by atoms with van der Waals surface area (Å²) in [6, 6.07) is 4.44. The Kier molecular flexibility index (Phi) is 6.35. The SMILES string of the molecule is CC(=O)O[C@H]1CC[C@@]2(C)C(=CC[C@@H]3[C@@H]2CC[C@]2(C)c4c(cnnc4C(=O)Nc4ccc(C(F)(F)F)cc4)C[C@@H]32)C1. The number of amides is 1. The first kappa shape index (κ1) is 27.0. The zero-order valence-electron chi connectivity index (χ0n) is 23.0. The Morgan fingerprint density at radius 2 is 1.75 bits per heavy atom. The first-order valence-electron chi connectivity index (χ1n) is 14.1. The number of anilines is 1. The summed E-state index contributed by atoms with van der Waals surface area (Å²) in [6.45, 7) is 6.10. The Labute approximate surface area is 231 Å². The van der Waals surface area contributed by atoms with Gasteiger partial charge in [0, 0.05) is 19.0 Å². The minimum atomic E-state index is -4.44. The van der Waals surface area contributed by atoms with Crippen molar-refractivity contribution in [2.45, 2.75) is 83.4 Å². The van der Waals surface area contributed by atoms with Crippen molar-refractivity contribution in [1.82, 2.24) is 10.2 Å². The first-order valence-corrected chi connectivity index (χ1v) is 14.1. The molecule has 2 saturated carbocycles. The maximum atomic E-state index is 13.4. The van der Waals surface area contributed by atoms with E-state index in [9.17, 15) is 22.8 Å². The number of aromatic nitrogens is 2. The second-order valence-electron chi connectivity index (χ2n) is 12.5. The van der Waals surface area contributed by atoms with Gasteiger partial charge in [-0.25, -0.2) is 0 Å². The number of esters is 1. The third-order valence-corrected chi connectivity index (χ3v) is 10.4. The number of halogens is 3. The van der Waals surface area contributed by atoms with Gasteiger partial charge in [0.05, 0.1) is 11.8 Å². The number of hydrogen-bond donors (Lipinski definition) is 1. The van der Waals surface area contributed by atoms with E-state index < -0.39 is 17.6 Å². The first-order chi connectivity index (χ1) is 18.9. The highest BCUT2D eigenvalue weighted by Gasteiger charge is 2.58. The molecule has 6 atom stereocenters. The Morgan fingerprint density at radius 1 is 1.02 bits per heavy atom. The monoisotopic (exact) mass is 553 g/mol. The molecule has 1 aromatic heterocycles. The zero-order chi connectivity index (χ0) is 28.4. The fourth-order valence-electron chi connectivity index (χ4n) is 8.51. The number of nitrogens with zero attached hydrogens (tertiary/aromatic N) is 2. The van der Waals surface area contributed by atoms with Crippen LogP contribution in [0.1, 0.15) is 86.5 Å². The molecule has 0 saturated heterocycles. The maximum absolute atomic E-state index is 13.4. The van der Waals surface area contributed by atoms with Crippen molar-refractivity contribution in [2.24, 2.45) is 23.2 Å². The summed E-state index contributed by atoms with van der Waals surface area (Å²) >= 11 is 0. The van der Waals surface area contributed by atoms with Crippen LogP contribution in [0.2, 0.25) is 0 Å². The van der Waals surface area contributed by atoms with Crippen LogP contribution in [-0.2, 0) is 27.5 Å². The van der Waals surface area contributed by atoms with Crippen molar-refractivity contribution in [3.8, 4) is 0 Å². The van der Waals surface area contributed by atoms with Crippen molar-refractivity contribution in [2.75, 3.05) is 5.32 Å². The molecule has 212 valence electrons. The average Bonchev–Trinajstić information content (AvgIpc) is 3.21. The summed E-state index contributed by atoms with van der Waals surface area (Å²) in [7, 11) is 0. The number of rotatable bonds is 3. The van der Waals surface area contributed by atoms with E-state index in [4.69, 9.17) is 4.74 Å². The van der Waals surface area contributed by atoms with E-state index >= 15 is 0 Å². The molecule has 4 aliphatic carbocycles. The van der Waals surface area contributed by atoms with E-state index in [-0.39, 0.29) is 34.3 Å². The molecule has 0 spiro atoms. The molecule has 2 aromatic rings. The number of carbonyl (C=O) groups is 2. The van der Waals surface area contributed by atoms with E-state index in [0.29, 0.717) is 17.8 Å². The van der Waals surface area contributed by atoms with Gasteiger partial charge in [0.1, 0.15) is 6.10 Å². The van der Waals surface area contributed by atoms with Crippen molar-refractivity contribution in [3.63, 3.8) is 0 Å². The molecule has 0 aliphatic heterocycles. The van der Waals surface area contributed by atoms with Crippen LogP contribution in [0, 0.1) is 23.2 Å². The van der Waals surface area contributed by atoms with Gasteiger partial charge in [-0.15, -0.1) is 5.10 Å². The largest absolute Gasteiger partial charge is 0.462 e. The van der Waals surface area contributed by atoms with Gasteiger partial charge in [-0.3, -0.25) is 9.59 Å². The number of allylic oxidation sites excluding steroid dienone is 1. The molecule has 6 nitrogen and oxygen atoms in total. The molecule has 0 bridgehead atoms. The molecule has 1 N–H and O–H groups in total. The fourth-order valence-corrected chi connectivity index (χ4v) is 8.51. The van der Waals surface area contributed by atoms with Crippen molar-refractivity contribution >= 4 is 17.6 Å². The van der Waals surface area contributed by atoms with Crippen LogP contribution in [0.5, 0.6) is 0 Å². The van der Waals surface area contributed by atoms with Crippen LogP contribution in [0.3, 0.4) is 0 Å². The highest BCUT2D eigenvalue weighted by Crippen LogP contribution is 2.64. The van der Waals surface area contributed by atoms with E-state index in [0.717, 1.165) is 68.2 Å². The second-order valence-corrected chi connectivity index (χ2v) is 12.5. The molecule has 2 fully saturated rings. The molecule has 1 amide bonds. The molecule has 1 aromatic carbocycles. The van der Waals surface area contributed by atoms with Gasteiger partial charge in [0.25, 0.3) is 5.91 Å². The van der Waals surface area contributed by atoms with Crippen LogP contribution in [-0.4, -0.2) is 28.2 Å². The third-order valence-electron chi connectivity index (χ3n) is 10.4. The molecular formula is C31H34F3N3O3.